The second-order valence-corrected chi connectivity index (χ2v) is 8.31. The van der Waals surface area contributed by atoms with E-state index in [1.807, 2.05) is 42.2 Å². The number of carbonyl (C=O) groups excluding carboxylic acids is 1. The number of hydrogen-bond donors (Lipinski definition) is 1. The minimum absolute atomic E-state index is 0.0654. The number of piperidine rings is 2. The molecule has 25 heavy (non-hydrogen) atoms. The van der Waals surface area contributed by atoms with Crippen LogP contribution in [0, 0.1) is 11.8 Å². The first-order valence-electron chi connectivity index (χ1n) is 9.83. The van der Waals surface area contributed by atoms with Gasteiger partial charge in [0.1, 0.15) is 5.54 Å². The summed E-state index contributed by atoms with van der Waals surface area (Å²) in [5, 5.41) is 0. The molecule has 1 aromatic carbocycles. The number of hydrogen-bond acceptors (Lipinski definition) is 3. The Labute approximate surface area is 152 Å². The van der Waals surface area contributed by atoms with E-state index in [0.29, 0.717) is 5.92 Å². The fourth-order valence-corrected chi connectivity index (χ4v) is 4.24. The third-order valence-electron chi connectivity index (χ3n) is 6.02. The van der Waals surface area contributed by atoms with Gasteiger partial charge in [-0.25, -0.2) is 0 Å². The summed E-state index contributed by atoms with van der Waals surface area (Å²) in [7, 11) is 0. The van der Waals surface area contributed by atoms with Crippen LogP contribution in [0.15, 0.2) is 30.3 Å². The topological polar surface area (TPSA) is 49.6 Å². The van der Waals surface area contributed by atoms with Gasteiger partial charge in [-0.15, -0.1) is 0 Å². The van der Waals surface area contributed by atoms with Crippen LogP contribution in [0.4, 0.5) is 0 Å². The maximum absolute atomic E-state index is 13.1. The molecule has 2 saturated heterocycles. The van der Waals surface area contributed by atoms with Crippen LogP contribution in [0.3, 0.4) is 0 Å². The van der Waals surface area contributed by atoms with Crippen LogP contribution in [-0.4, -0.2) is 48.4 Å². The van der Waals surface area contributed by atoms with Crippen molar-refractivity contribution >= 4 is 5.91 Å². The average Bonchev–Trinajstić information content (AvgIpc) is 2.64. The van der Waals surface area contributed by atoms with Crippen molar-refractivity contribution in [1.82, 2.24) is 9.80 Å². The summed E-state index contributed by atoms with van der Waals surface area (Å²) in [5.74, 6) is 1.51. The molecule has 1 amide bonds. The Balaban J connectivity index is 1.60. The Kier molecular flexibility index (Phi) is 5.80. The first-order chi connectivity index (χ1) is 12.0. The standard InChI is InChI=1S/C21H33N3O/c1-17-10-13-23(14-11-17)15-18-7-6-12-24(16-18)20(25)21(2,22)19-8-4-3-5-9-19/h3-5,8-9,17-18H,6-7,10-16,22H2,1-2H3. The van der Waals surface area contributed by atoms with E-state index in [0.717, 1.165) is 37.5 Å². The highest BCUT2D eigenvalue weighted by Gasteiger charge is 2.36. The summed E-state index contributed by atoms with van der Waals surface area (Å²) in [5.41, 5.74) is 6.41. The van der Waals surface area contributed by atoms with Crippen molar-refractivity contribution in [2.75, 3.05) is 32.7 Å². The van der Waals surface area contributed by atoms with E-state index in [1.54, 1.807) is 0 Å². The highest BCUT2D eigenvalue weighted by molar-refractivity contribution is 5.87. The van der Waals surface area contributed by atoms with Gasteiger partial charge in [-0.05, 0) is 63.1 Å². The van der Waals surface area contributed by atoms with Gasteiger partial charge in [-0.3, -0.25) is 4.79 Å². The Morgan fingerprint density at radius 3 is 2.52 bits per heavy atom. The zero-order valence-electron chi connectivity index (χ0n) is 15.8. The van der Waals surface area contributed by atoms with Gasteiger partial charge in [0, 0.05) is 19.6 Å². The summed E-state index contributed by atoms with van der Waals surface area (Å²) < 4.78 is 0. The van der Waals surface area contributed by atoms with E-state index >= 15 is 0 Å². The van der Waals surface area contributed by atoms with Gasteiger partial charge in [-0.1, -0.05) is 37.3 Å². The number of benzene rings is 1. The van der Waals surface area contributed by atoms with Gasteiger partial charge in [0.2, 0.25) is 5.91 Å². The number of carbonyl (C=O) groups is 1. The zero-order chi connectivity index (χ0) is 17.9. The molecule has 4 heteroatoms. The smallest absolute Gasteiger partial charge is 0.246 e. The molecule has 2 fully saturated rings. The van der Waals surface area contributed by atoms with Crippen LogP contribution in [0.25, 0.3) is 0 Å². The number of rotatable bonds is 4. The van der Waals surface area contributed by atoms with Crippen LogP contribution < -0.4 is 5.73 Å². The van der Waals surface area contributed by atoms with Crippen molar-refractivity contribution in [1.29, 1.82) is 0 Å². The van der Waals surface area contributed by atoms with Gasteiger partial charge >= 0.3 is 0 Å². The molecule has 0 aliphatic carbocycles. The number of nitrogens with two attached hydrogens (primary N) is 1. The summed E-state index contributed by atoms with van der Waals surface area (Å²) in [6.45, 7) is 9.44. The lowest BCUT2D eigenvalue weighted by atomic mass is 9.89. The quantitative estimate of drug-likeness (QED) is 0.914. The molecule has 2 aliphatic heterocycles. The van der Waals surface area contributed by atoms with Gasteiger partial charge in [0.05, 0.1) is 0 Å². The minimum Gasteiger partial charge on any atom is -0.340 e. The van der Waals surface area contributed by atoms with Gasteiger partial charge in [-0.2, -0.15) is 0 Å². The van der Waals surface area contributed by atoms with Gasteiger partial charge in [0.25, 0.3) is 0 Å². The van der Waals surface area contributed by atoms with Gasteiger partial charge < -0.3 is 15.5 Å². The van der Waals surface area contributed by atoms with E-state index in [-0.39, 0.29) is 5.91 Å². The lowest BCUT2D eigenvalue weighted by Crippen LogP contribution is -2.54. The summed E-state index contributed by atoms with van der Waals surface area (Å²) in [6.07, 6.45) is 4.93. The first-order valence-corrected chi connectivity index (χ1v) is 9.83. The van der Waals surface area contributed by atoms with Crippen molar-refractivity contribution in [3.63, 3.8) is 0 Å². The van der Waals surface area contributed by atoms with E-state index in [2.05, 4.69) is 11.8 Å². The Morgan fingerprint density at radius 2 is 1.84 bits per heavy atom. The van der Waals surface area contributed by atoms with E-state index in [9.17, 15) is 4.79 Å². The summed E-state index contributed by atoms with van der Waals surface area (Å²) in [6, 6.07) is 9.76. The molecule has 1 aromatic rings. The molecule has 2 heterocycles. The van der Waals surface area contributed by atoms with Gasteiger partial charge in [0.15, 0.2) is 0 Å². The molecule has 0 spiro atoms. The number of nitrogens with zero attached hydrogens (tertiary/aromatic N) is 2. The lowest BCUT2D eigenvalue weighted by molar-refractivity contribution is -0.138. The molecule has 2 unspecified atom stereocenters. The summed E-state index contributed by atoms with van der Waals surface area (Å²) >= 11 is 0. The normalized spacial score (nSPS) is 25.6. The first kappa shape index (κ1) is 18.4. The molecule has 0 bridgehead atoms. The van der Waals surface area contributed by atoms with Crippen LogP contribution in [-0.2, 0) is 10.3 Å². The number of likely N-dealkylation sites (tertiary alicyclic amines) is 2. The largest absolute Gasteiger partial charge is 0.340 e. The van der Waals surface area contributed by atoms with Crippen molar-refractivity contribution in [2.45, 2.75) is 45.1 Å². The average molecular weight is 344 g/mol. The predicted octanol–water partition coefficient (Wildman–Crippen LogP) is 2.83. The second kappa shape index (κ2) is 7.88. The van der Waals surface area contributed by atoms with Crippen molar-refractivity contribution < 1.29 is 4.79 Å². The third kappa shape index (κ3) is 4.42. The van der Waals surface area contributed by atoms with E-state index in [4.69, 9.17) is 5.73 Å². The molecule has 0 aromatic heterocycles. The second-order valence-electron chi connectivity index (χ2n) is 8.31. The van der Waals surface area contributed by atoms with Crippen LogP contribution in [0.5, 0.6) is 0 Å². The molecule has 4 nitrogen and oxygen atoms in total. The zero-order valence-corrected chi connectivity index (χ0v) is 15.8. The van der Waals surface area contributed by atoms with E-state index in [1.165, 1.54) is 32.4 Å². The Bertz CT molecular complexity index is 564. The van der Waals surface area contributed by atoms with Crippen molar-refractivity contribution in [2.24, 2.45) is 17.6 Å². The third-order valence-corrected chi connectivity index (χ3v) is 6.02. The number of amides is 1. The van der Waals surface area contributed by atoms with Crippen LogP contribution >= 0.6 is 0 Å². The maximum atomic E-state index is 13.1. The highest BCUT2D eigenvalue weighted by Crippen LogP contribution is 2.26. The minimum atomic E-state index is -0.941. The SMILES string of the molecule is CC1CCN(CC2CCCN(C(=O)C(C)(N)c3ccccc3)C2)CC1. The van der Waals surface area contributed by atoms with E-state index < -0.39 is 5.54 Å². The monoisotopic (exact) mass is 343 g/mol. The van der Waals surface area contributed by atoms with Crippen LogP contribution in [0.2, 0.25) is 0 Å². The Hall–Kier alpha value is -1.39. The molecule has 2 atom stereocenters. The molecule has 2 aliphatic rings. The molecular formula is C21H33N3O. The maximum Gasteiger partial charge on any atom is 0.246 e. The molecule has 138 valence electrons. The van der Waals surface area contributed by atoms with Crippen molar-refractivity contribution in [3.05, 3.63) is 35.9 Å². The molecule has 0 saturated carbocycles. The molecule has 2 N–H and O–H groups in total. The van der Waals surface area contributed by atoms with Crippen LogP contribution in [0.1, 0.15) is 45.1 Å². The van der Waals surface area contributed by atoms with Crippen molar-refractivity contribution in [3.8, 4) is 0 Å². The molecule has 0 radical (unpaired) electrons. The predicted molar refractivity (Wildman–Crippen MR) is 102 cm³/mol. The fraction of sp³-hybridized carbons (Fsp3) is 0.667. The molecular weight excluding hydrogens is 310 g/mol. The summed E-state index contributed by atoms with van der Waals surface area (Å²) in [4.78, 5) is 17.7. The fourth-order valence-electron chi connectivity index (χ4n) is 4.24. The lowest BCUT2D eigenvalue weighted by Gasteiger charge is -2.40. The molecule has 3 rings (SSSR count). The highest BCUT2D eigenvalue weighted by atomic mass is 16.2. The Morgan fingerprint density at radius 1 is 1.16 bits per heavy atom.